The molecule has 88 valence electrons. The molecule has 0 aromatic rings. The van der Waals surface area contributed by atoms with Gasteiger partial charge < -0.3 is 10.4 Å². The molecule has 2 N–H and O–H groups in total. The van der Waals surface area contributed by atoms with E-state index in [0.717, 1.165) is 0 Å². The maximum absolute atomic E-state index is 11.3. The topological polar surface area (TPSA) is 66.4 Å². The number of aliphatic carboxylic acids is 1. The monoisotopic (exact) mass is 233 g/mol. The van der Waals surface area contributed by atoms with Crippen LogP contribution in [0.1, 0.15) is 27.7 Å². The van der Waals surface area contributed by atoms with Crippen molar-refractivity contribution in [2.45, 2.75) is 39.0 Å². The van der Waals surface area contributed by atoms with Gasteiger partial charge in [0.05, 0.1) is 0 Å². The molecule has 0 aromatic carbocycles. The summed E-state index contributed by atoms with van der Waals surface area (Å²) in [7, 11) is 0. The van der Waals surface area contributed by atoms with Gasteiger partial charge in [0, 0.05) is 11.7 Å². The largest absolute Gasteiger partial charge is 0.480 e. The van der Waals surface area contributed by atoms with Crippen LogP contribution in [0.2, 0.25) is 0 Å². The Morgan fingerprint density at radius 1 is 1.27 bits per heavy atom. The second-order valence-corrected chi connectivity index (χ2v) is 5.55. The third-order valence-corrected chi connectivity index (χ3v) is 2.93. The standard InChI is InChI=1S/C10H19NO3S/c1-6(2)9(12)11-8(10(13)14)5-15-7(3)4/h6-8H,5H2,1-4H3,(H,11,12)(H,13,14)/t8-/m0/s1. The molecular formula is C10H19NO3S. The molecule has 1 amide bonds. The lowest BCUT2D eigenvalue weighted by atomic mass is 10.2. The van der Waals surface area contributed by atoms with Crippen LogP contribution in [0.3, 0.4) is 0 Å². The molecule has 0 spiro atoms. The number of carbonyl (C=O) groups excluding carboxylic acids is 1. The third-order valence-electron chi connectivity index (χ3n) is 1.74. The van der Waals surface area contributed by atoms with E-state index >= 15 is 0 Å². The highest BCUT2D eigenvalue weighted by Gasteiger charge is 2.21. The first-order valence-corrected chi connectivity index (χ1v) is 6.04. The molecule has 0 aliphatic rings. The maximum atomic E-state index is 11.3. The van der Waals surface area contributed by atoms with E-state index in [1.165, 1.54) is 11.8 Å². The van der Waals surface area contributed by atoms with E-state index in [9.17, 15) is 9.59 Å². The Hall–Kier alpha value is -0.710. The van der Waals surface area contributed by atoms with E-state index < -0.39 is 12.0 Å². The fourth-order valence-corrected chi connectivity index (χ4v) is 1.61. The van der Waals surface area contributed by atoms with Gasteiger partial charge in [-0.1, -0.05) is 27.7 Å². The molecule has 0 saturated heterocycles. The van der Waals surface area contributed by atoms with Gasteiger partial charge in [-0.2, -0.15) is 11.8 Å². The van der Waals surface area contributed by atoms with Crippen LogP contribution >= 0.6 is 11.8 Å². The van der Waals surface area contributed by atoms with E-state index in [1.807, 2.05) is 13.8 Å². The van der Waals surface area contributed by atoms with Gasteiger partial charge in [0.25, 0.3) is 0 Å². The average molecular weight is 233 g/mol. The van der Waals surface area contributed by atoms with Crippen LogP contribution in [0.4, 0.5) is 0 Å². The molecule has 0 aliphatic heterocycles. The molecule has 0 fully saturated rings. The fourth-order valence-electron chi connectivity index (χ4n) is 0.802. The van der Waals surface area contributed by atoms with Crippen molar-refractivity contribution >= 4 is 23.6 Å². The lowest BCUT2D eigenvalue weighted by Crippen LogP contribution is -2.44. The molecular weight excluding hydrogens is 214 g/mol. The van der Waals surface area contributed by atoms with Crippen molar-refractivity contribution in [3.63, 3.8) is 0 Å². The molecule has 0 heterocycles. The summed E-state index contributed by atoms with van der Waals surface area (Å²) in [4.78, 5) is 22.2. The van der Waals surface area contributed by atoms with Crippen LogP contribution in [0.15, 0.2) is 0 Å². The number of amides is 1. The highest BCUT2D eigenvalue weighted by molar-refractivity contribution is 7.99. The first kappa shape index (κ1) is 14.3. The number of carboxylic acid groups (broad SMARTS) is 1. The number of hydrogen-bond acceptors (Lipinski definition) is 3. The second-order valence-electron chi connectivity index (χ2n) is 3.94. The molecule has 0 aromatic heterocycles. The van der Waals surface area contributed by atoms with E-state index in [0.29, 0.717) is 11.0 Å². The Kier molecular flexibility index (Phi) is 6.40. The Morgan fingerprint density at radius 3 is 2.13 bits per heavy atom. The van der Waals surface area contributed by atoms with Gasteiger partial charge in [-0.25, -0.2) is 4.79 Å². The Bertz CT molecular complexity index is 229. The summed E-state index contributed by atoms with van der Waals surface area (Å²) in [6.07, 6.45) is 0. The quantitative estimate of drug-likeness (QED) is 0.727. The fraction of sp³-hybridized carbons (Fsp3) is 0.800. The predicted octanol–water partition coefficient (Wildman–Crippen LogP) is 1.35. The van der Waals surface area contributed by atoms with Crippen LogP contribution in [-0.2, 0) is 9.59 Å². The number of carbonyl (C=O) groups is 2. The highest BCUT2D eigenvalue weighted by atomic mass is 32.2. The van der Waals surface area contributed by atoms with Crippen molar-refractivity contribution in [2.75, 3.05) is 5.75 Å². The molecule has 5 heteroatoms. The normalized spacial score (nSPS) is 12.9. The number of thioether (sulfide) groups is 1. The lowest BCUT2D eigenvalue weighted by Gasteiger charge is -2.16. The molecule has 15 heavy (non-hydrogen) atoms. The Morgan fingerprint density at radius 2 is 1.80 bits per heavy atom. The van der Waals surface area contributed by atoms with E-state index in [2.05, 4.69) is 5.32 Å². The summed E-state index contributed by atoms with van der Waals surface area (Å²) in [5, 5.41) is 11.8. The number of nitrogens with one attached hydrogen (secondary N) is 1. The van der Waals surface area contributed by atoms with Gasteiger partial charge in [0.2, 0.25) is 5.91 Å². The zero-order valence-corrected chi connectivity index (χ0v) is 10.4. The summed E-state index contributed by atoms with van der Waals surface area (Å²) < 4.78 is 0. The molecule has 0 bridgehead atoms. The van der Waals surface area contributed by atoms with Gasteiger partial charge >= 0.3 is 5.97 Å². The van der Waals surface area contributed by atoms with Crippen molar-refractivity contribution in [3.8, 4) is 0 Å². The average Bonchev–Trinajstić information content (AvgIpc) is 2.10. The summed E-state index contributed by atoms with van der Waals surface area (Å²) in [6.45, 7) is 7.47. The minimum absolute atomic E-state index is 0.184. The van der Waals surface area contributed by atoms with Crippen LogP contribution in [0, 0.1) is 5.92 Å². The maximum Gasteiger partial charge on any atom is 0.327 e. The second kappa shape index (κ2) is 6.71. The van der Waals surface area contributed by atoms with Gasteiger partial charge in [-0.05, 0) is 5.25 Å². The molecule has 0 radical (unpaired) electrons. The van der Waals surface area contributed by atoms with E-state index in [4.69, 9.17) is 5.11 Å². The SMILES string of the molecule is CC(C)SC[C@H](NC(=O)C(C)C)C(=O)O. The van der Waals surface area contributed by atoms with Crippen molar-refractivity contribution in [3.05, 3.63) is 0 Å². The molecule has 0 unspecified atom stereocenters. The molecule has 1 atom stereocenters. The number of hydrogen-bond donors (Lipinski definition) is 2. The Balaban J connectivity index is 4.17. The minimum Gasteiger partial charge on any atom is -0.480 e. The van der Waals surface area contributed by atoms with Crippen molar-refractivity contribution < 1.29 is 14.7 Å². The first-order valence-electron chi connectivity index (χ1n) is 4.99. The summed E-state index contributed by atoms with van der Waals surface area (Å²) in [5.74, 6) is -0.967. The van der Waals surface area contributed by atoms with E-state index in [1.54, 1.807) is 13.8 Å². The van der Waals surface area contributed by atoms with Gasteiger partial charge in [0.1, 0.15) is 6.04 Å². The zero-order valence-electron chi connectivity index (χ0n) is 9.61. The number of carboxylic acids is 1. The molecule has 4 nitrogen and oxygen atoms in total. The first-order chi connectivity index (χ1) is 6.84. The highest BCUT2D eigenvalue weighted by Crippen LogP contribution is 2.11. The minimum atomic E-state index is -0.975. The van der Waals surface area contributed by atoms with Gasteiger partial charge in [-0.3, -0.25) is 4.79 Å². The van der Waals surface area contributed by atoms with E-state index in [-0.39, 0.29) is 11.8 Å². The summed E-state index contributed by atoms with van der Waals surface area (Å²) in [5.41, 5.74) is 0. The van der Waals surface area contributed by atoms with Crippen LogP contribution in [-0.4, -0.2) is 34.0 Å². The summed E-state index contributed by atoms with van der Waals surface area (Å²) >= 11 is 1.53. The molecule has 0 rings (SSSR count). The van der Waals surface area contributed by atoms with Crippen LogP contribution in [0.25, 0.3) is 0 Å². The zero-order chi connectivity index (χ0) is 12.0. The van der Waals surface area contributed by atoms with Gasteiger partial charge in [-0.15, -0.1) is 0 Å². The van der Waals surface area contributed by atoms with Gasteiger partial charge in [0.15, 0.2) is 0 Å². The summed E-state index contributed by atoms with van der Waals surface area (Å²) in [6, 6.07) is -0.785. The van der Waals surface area contributed by atoms with Crippen molar-refractivity contribution in [1.82, 2.24) is 5.32 Å². The Labute approximate surface area is 94.8 Å². The van der Waals surface area contributed by atoms with Crippen LogP contribution in [0.5, 0.6) is 0 Å². The molecule has 0 aliphatic carbocycles. The number of rotatable bonds is 6. The lowest BCUT2D eigenvalue weighted by molar-refractivity contribution is -0.141. The predicted molar refractivity (Wildman–Crippen MR) is 62.0 cm³/mol. The third kappa shape index (κ3) is 6.38. The molecule has 0 saturated carbocycles. The van der Waals surface area contributed by atoms with Crippen molar-refractivity contribution in [2.24, 2.45) is 5.92 Å². The van der Waals surface area contributed by atoms with Crippen LogP contribution < -0.4 is 5.32 Å². The smallest absolute Gasteiger partial charge is 0.327 e. The van der Waals surface area contributed by atoms with Crippen molar-refractivity contribution in [1.29, 1.82) is 0 Å².